The second-order valence-corrected chi connectivity index (χ2v) is 6.42. The molecule has 1 aromatic carbocycles. The zero-order chi connectivity index (χ0) is 17.2. The molecule has 0 fully saturated rings. The summed E-state index contributed by atoms with van der Waals surface area (Å²) in [7, 11) is -3.95. The molecular weight excluding hydrogens is 334 g/mol. The monoisotopic (exact) mass is 345 g/mol. The Morgan fingerprint density at radius 2 is 2.04 bits per heavy atom. The fourth-order valence-corrected chi connectivity index (χ4v) is 3.05. The molecule has 2 heterocycles. The summed E-state index contributed by atoms with van der Waals surface area (Å²) in [6, 6.07) is 7.97. The van der Waals surface area contributed by atoms with Crippen molar-refractivity contribution in [2.75, 3.05) is 4.72 Å². The largest absolute Gasteiger partial charge is 0.291 e. The number of hydrogen-bond acceptors (Lipinski definition) is 6. The Morgan fingerprint density at radius 3 is 2.67 bits per heavy atom. The van der Waals surface area contributed by atoms with Crippen LogP contribution >= 0.6 is 0 Å². The zero-order valence-corrected chi connectivity index (χ0v) is 12.9. The molecule has 0 spiro atoms. The normalized spacial score (nSPS) is 11.2. The van der Waals surface area contributed by atoms with Crippen LogP contribution < -0.4 is 4.72 Å². The summed E-state index contributed by atoms with van der Waals surface area (Å²) in [6.07, 6.45) is 6.22. The van der Waals surface area contributed by atoms with Crippen LogP contribution in [-0.4, -0.2) is 27.9 Å². The number of nitrogens with one attached hydrogen (secondary N) is 1. The summed E-state index contributed by atoms with van der Waals surface area (Å²) in [6.45, 7) is 0. The van der Waals surface area contributed by atoms with Crippen LogP contribution in [0.4, 0.5) is 11.4 Å². The summed E-state index contributed by atoms with van der Waals surface area (Å²) >= 11 is 0. The summed E-state index contributed by atoms with van der Waals surface area (Å²) in [5.74, 6) is 0.575. The van der Waals surface area contributed by atoms with Crippen LogP contribution in [0.15, 0.2) is 66.2 Å². The van der Waals surface area contributed by atoms with E-state index < -0.39 is 14.9 Å². The molecule has 9 nitrogen and oxygen atoms in total. The number of imidazole rings is 1. The highest BCUT2D eigenvalue weighted by atomic mass is 32.2. The second-order valence-electron chi connectivity index (χ2n) is 4.73. The number of nitro benzene ring substituents is 1. The topological polar surface area (TPSA) is 120 Å². The van der Waals surface area contributed by atoms with Crippen LogP contribution in [-0.2, 0) is 10.0 Å². The van der Waals surface area contributed by atoms with E-state index >= 15 is 0 Å². The van der Waals surface area contributed by atoms with Crippen molar-refractivity contribution < 1.29 is 13.3 Å². The highest BCUT2D eigenvalue weighted by Gasteiger charge is 2.17. The smallest absolute Gasteiger partial charge is 0.270 e. The van der Waals surface area contributed by atoms with Crippen molar-refractivity contribution >= 4 is 21.4 Å². The number of hydrogen-bond donors (Lipinski definition) is 1. The Labute approximate surface area is 136 Å². The maximum Gasteiger partial charge on any atom is 0.270 e. The molecule has 3 aromatic rings. The van der Waals surface area contributed by atoms with E-state index in [1.54, 1.807) is 29.4 Å². The third-order valence-corrected chi connectivity index (χ3v) is 4.49. The molecule has 1 N–H and O–H groups in total. The van der Waals surface area contributed by atoms with E-state index in [1.807, 2.05) is 0 Å². The number of rotatable bonds is 5. The first-order valence-corrected chi connectivity index (χ1v) is 8.16. The molecule has 0 aliphatic carbocycles. The first kappa shape index (κ1) is 15.6. The van der Waals surface area contributed by atoms with E-state index in [4.69, 9.17) is 0 Å². The quantitative estimate of drug-likeness (QED) is 0.557. The molecule has 24 heavy (non-hydrogen) atoms. The molecule has 0 aliphatic heterocycles. The van der Waals surface area contributed by atoms with Crippen LogP contribution in [0.3, 0.4) is 0 Å². The van der Waals surface area contributed by atoms with E-state index in [9.17, 15) is 18.5 Å². The Hall–Kier alpha value is -3.27. The number of aromatic nitrogens is 3. The standard InChI is InChI=1S/C14H11N5O4S/c20-19(21)12-2-1-3-13(8-12)24(22,23)17-11-4-5-14(16-9-11)18-7-6-15-10-18/h1-10,17H. The lowest BCUT2D eigenvalue weighted by Crippen LogP contribution is -2.13. The number of sulfonamides is 1. The molecule has 0 aliphatic rings. The molecular formula is C14H11N5O4S. The molecule has 0 amide bonds. The summed E-state index contributed by atoms with van der Waals surface area (Å²) in [4.78, 5) is 17.9. The van der Waals surface area contributed by atoms with Crippen LogP contribution in [0.1, 0.15) is 0 Å². The molecule has 3 rings (SSSR count). The maximum absolute atomic E-state index is 12.3. The van der Waals surface area contributed by atoms with Crippen molar-refractivity contribution in [1.29, 1.82) is 0 Å². The first-order valence-electron chi connectivity index (χ1n) is 6.67. The first-order chi connectivity index (χ1) is 11.5. The molecule has 0 radical (unpaired) electrons. The fraction of sp³-hybridized carbons (Fsp3) is 0. The average Bonchev–Trinajstić information content (AvgIpc) is 3.10. The number of nitro groups is 1. The summed E-state index contributed by atoms with van der Waals surface area (Å²) in [5, 5.41) is 10.8. The van der Waals surface area contributed by atoms with Crippen LogP contribution in [0.5, 0.6) is 0 Å². The van der Waals surface area contributed by atoms with Gasteiger partial charge in [-0.05, 0) is 18.2 Å². The highest BCUT2D eigenvalue weighted by Crippen LogP contribution is 2.20. The third kappa shape index (κ3) is 3.22. The van der Waals surface area contributed by atoms with Gasteiger partial charge in [-0.3, -0.25) is 19.4 Å². The molecule has 2 aromatic heterocycles. The number of benzene rings is 1. The lowest BCUT2D eigenvalue weighted by atomic mass is 10.3. The van der Waals surface area contributed by atoms with E-state index in [2.05, 4.69) is 14.7 Å². The van der Waals surface area contributed by atoms with Gasteiger partial charge in [-0.2, -0.15) is 0 Å². The molecule has 0 saturated heterocycles. The van der Waals surface area contributed by atoms with Gasteiger partial charge in [0, 0.05) is 24.5 Å². The molecule has 0 unspecified atom stereocenters. The lowest BCUT2D eigenvalue weighted by Gasteiger charge is -2.08. The predicted molar refractivity (Wildman–Crippen MR) is 85.3 cm³/mol. The van der Waals surface area contributed by atoms with Crippen molar-refractivity contribution in [3.05, 3.63) is 71.4 Å². The minimum Gasteiger partial charge on any atom is -0.291 e. The minimum absolute atomic E-state index is 0.199. The summed E-state index contributed by atoms with van der Waals surface area (Å²) < 4.78 is 28.6. The summed E-state index contributed by atoms with van der Waals surface area (Å²) in [5.41, 5.74) is -0.0585. The van der Waals surface area contributed by atoms with E-state index in [0.29, 0.717) is 5.82 Å². The van der Waals surface area contributed by atoms with E-state index in [-0.39, 0.29) is 16.3 Å². The van der Waals surface area contributed by atoms with Gasteiger partial charge in [0.25, 0.3) is 15.7 Å². The van der Waals surface area contributed by atoms with Crippen LogP contribution in [0.2, 0.25) is 0 Å². The van der Waals surface area contributed by atoms with Gasteiger partial charge in [0.1, 0.15) is 12.1 Å². The number of nitrogens with zero attached hydrogens (tertiary/aromatic N) is 4. The Bertz CT molecular complexity index is 969. The SMILES string of the molecule is O=[N+]([O-])c1cccc(S(=O)(=O)Nc2ccc(-n3ccnc3)nc2)c1. The predicted octanol–water partition coefficient (Wildman–Crippen LogP) is 1.98. The number of non-ortho nitro benzene ring substituents is 1. The maximum atomic E-state index is 12.3. The van der Waals surface area contributed by atoms with Gasteiger partial charge < -0.3 is 0 Å². The van der Waals surface area contributed by atoms with E-state index in [0.717, 1.165) is 6.07 Å². The second kappa shape index (κ2) is 6.08. The Morgan fingerprint density at radius 1 is 1.21 bits per heavy atom. The lowest BCUT2D eigenvalue weighted by molar-refractivity contribution is -0.385. The average molecular weight is 345 g/mol. The number of anilines is 1. The van der Waals surface area contributed by atoms with Crippen molar-refractivity contribution in [1.82, 2.24) is 14.5 Å². The van der Waals surface area contributed by atoms with Crippen molar-refractivity contribution in [3.8, 4) is 5.82 Å². The van der Waals surface area contributed by atoms with Crippen LogP contribution in [0, 0.1) is 10.1 Å². The Kier molecular flexibility index (Phi) is 3.96. The van der Waals surface area contributed by atoms with Gasteiger partial charge in [0.05, 0.1) is 21.7 Å². The molecule has 10 heteroatoms. The minimum atomic E-state index is -3.95. The highest BCUT2D eigenvalue weighted by molar-refractivity contribution is 7.92. The molecule has 0 saturated carbocycles. The van der Waals surface area contributed by atoms with Gasteiger partial charge in [0.2, 0.25) is 0 Å². The Balaban J connectivity index is 1.84. The van der Waals surface area contributed by atoms with Crippen molar-refractivity contribution in [3.63, 3.8) is 0 Å². The molecule has 122 valence electrons. The third-order valence-electron chi connectivity index (χ3n) is 3.11. The van der Waals surface area contributed by atoms with Gasteiger partial charge in [-0.1, -0.05) is 6.07 Å². The van der Waals surface area contributed by atoms with Gasteiger partial charge >= 0.3 is 0 Å². The zero-order valence-electron chi connectivity index (χ0n) is 12.1. The van der Waals surface area contributed by atoms with Gasteiger partial charge in [-0.25, -0.2) is 18.4 Å². The van der Waals surface area contributed by atoms with Crippen molar-refractivity contribution in [2.24, 2.45) is 0 Å². The van der Waals surface area contributed by atoms with Crippen LogP contribution in [0.25, 0.3) is 5.82 Å². The van der Waals surface area contributed by atoms with Gasteiger partial charge in [-0.15, -0.1) is 0 Å². The molecule has 0 bridgehead atoms. The number of pyridine rings is 1. The fourth-order valence-electron chi connectivity index (χ4n) is 1.97. The van der Waals surface area contributed by atoms with Gasteiger partial charge in [0.15, 0.2) is 0 Å². The van der Waals surface area contributed by atoms with E-state index in [1.165, 1.54) is 30.5 Å². The molecule has 0 atom stereocenters. The van der Waals surface area contributed by atoms with Crippen molar-refractivity contribution in [2.45, 2.75) is 4.90 Å².